The van der Waals surface area contributed by atoms with E-state index in [0.717, 1.165) is 11.1 Å². The predicted molar refractivity (Wildman–Crippen MR) is 80.2 cm³/mol. The average molecular weight is 264 g/mol. The molecule has 0 aliphatic carbocycles. The number of hydrogen-bond acceptors (Lipinski definition) is 3. The fourth-order valence-corrected chi connectivity index (χ4v) is 2.24. The Bertz CT molecular complexity index is 740. The highest BCUT2D eigenvalue weighted by Gasteiger charge is 2.11. The van der Waals surface area contributed by atoms with Crippen molar-refractivity contribution in [2.75, 3.05) is 0 Å². The molecule has 0 atom stereocenters. The molecule has 0 radical (unpaired) electrons. The lowest BCUT2D eigenvalue weighted by Crippen LogP contribution is -2.20. The van der Waals surface area contributed by atoms with Gasteiger partial charge in [0, 0.05) is 0 Å². The summed E-state index contributed by atoms with van der Waals surface area (Å²) in [4.78, 5) is 0. The van der Waals surface area contributed by atoms with Crippen molar-refractivity contribution < 1.29 is 14.7 Å². The molecule has 0 amide bonds. The SMILES string of the molecule is OB(O)Oc1cccc(-c2ccc3ccccc3c2)c1. The second kappa shape index (κ2) is 5.37. The van der Waals surface area contributed by atoms with Crippen LogP contribution in [0.4, 0.5) is 0 Å². The lowest BCUT2D eigenvalue weighted by molar-refractivity contribution is 0.288. The third kappa shape index (κ3) is 2.66. The van der Waals surface area contributed by atoms with Crippen LogP contribution in [0.3, 0.4) is 0 Å². The molecular weight excluding hydrogens is 251 g/mol. The molecule has 98 valence electrons. The summed E-state index contributed by atoms with van der Waals surface area (Å²) in [6.45, 7) is 0. The van der Waals surface area contributed by atoms with E-state index in [1.54, 1.807) is 12.1 Å². The van der Waals surface area contributed by atoms with Crippen LogP contribution in [0.15, 0.2) is 66.7 Å². The maximum Gasteiger partial charge on any atom is 0.707 e. The van der Waals surface area contributed by atoms with Crippen molar-refractivity contribution in [3.63, 3.8) is 0 Å². The van der Waals surface area contributed by atoms with Crippen LogP contribution in [-0.4, -0.2) is 17.4 Å². The van der Waals surface area contributed by atoms with E-state index in [1.165, 1.54) is 10.8 Å². The van der Waals surface area contributed by atoms with Crippen LogP contribution in [0.1, 0.15) is 0 Å². The molecule has 3 rings (SSSR count). The highest BCUT2D eigenvalue weighted by Crippen LogP contribution is 2.27. The van der Waals surface area contributed by atoms with Gasteiger partial charge < -0.3 is 14.7 Å². The predicted octanol–water partition coefficient (Wildman–Crippen LogP) is 2.86. The molecule has 0 bridgehead atoms. The largest absolute Gasteiger partial charge is 0.707 e. The first-order chi connectivity index (χ1) is 9.72. The molecule has 0 aliphatic rings. The number of benzene rings is 3. The second-order valence-electron chi connectivity index (χ2n) is 4.53. The van der Waals surface area contributed by atoms with Gasteiger partial charge in [-0.15, -0.1) is 0 Å². The molecule has 3 aromatic carbocycles. The summed E-state index contributed by atoms with van der Waals surface area (Å²) in [6.07, 6.45) is 0. The van der Waals surface area contributed by atoms with Gasteiger partial charge in [0.05, 0.1) is 0 Å². The molecule has 4 heteroatoms. The number of fused-ring (bicyclic) bond motifs is 1. The Morgan fingerprint density at radius 2 is 1.45 bits per heavy atom. The maximum absolute atomic E-state index is 8.84. The van der Waals surface area contributed by atoms with Gasteiger partial charge in [0.1, 0.15) is 5.75 Å². The van der Waals surface area contributed by atoms with Gasteiger partial charge in [-0.05, 0) is 40.1 Å². The molecule has 0 heterocycles. The third-order valence-corrected chi connectivity index (χ3v) is 3.16. The van der Waals surface area contributed by atoms with Gasteiger partial charge in [-0.25, -0.2) is 0 Å². The van der Waals surface area contributed by atoms with Crippen molar-refractivity contribution in [3.8, 4) is 16.9 Å². The van der Waals surface area contributed by atoms with Gasteiger partial charge in [-0.1, -0.05) is 48.5 Å². The molecule has 0 saturated carbocycles. The van der Waals surface area contributed by atoms with E-state index in [1.807, 2.05) is 30.3 Å². The van der Waals surface area contributed by atoms with E-state index >= 15 is 0 Å². The Labute approximate surface area is 117 Å². The number of rotatable bonds is 3. The van der Waals surface area contributed by atoms with Crippen LogP contribution in [0, 0.1) is 0 Å². The third-order valence-electron chi connectivity index (χ3n) is 3.16. The summed E-state index contributed by atoms with van der Waals surface area (Å²) in [7, 11) is -1.80. The second-order valence-corrected chi connectivity index (χ2v) is 4.53. The number of hydrogen-bond donors (Lipinski definition) is 2. The van der Waals surface area contributed by atoms with Gasteiger partial charge in [-0.2, -0.15) is 0 Å². The molecule has 0 spiro atoms. The van der Waals surface area contributed by atoms with Crippen molar-refractivity contribution in [3.05, 3.63) is 66.7 Å². The summed E-state index contributed by atoms with van der Waals surface area (Å²) in [5, 5.41) is 20.0. The van der Waals surface area contributed by atoms with Crippen LogP contribution < -0.4 is 4.65 Å². The van der Waals surface area contributed by atoms with Crippen molar-refractivity contribution >= 4 is 18.1 Å². The monoisotopic (exact) mass is 264 g/mol. The molecule has 3 nitrogen and oxygen atoms in total. The summed E-state index contributed by atoms with van der Waals surface area (Å²) in [5.41, 5.74) is 2.02. The molecular formula is C16H13BO3. The van der Waals surface area contributed by atoms with Gasteiger partial charge in [0.2, 0.25) is 0 Å². The molecule has 0 aromatic heterocycles. The van der Waals surface area contributed by atoms with Gasteiger partial charge in [0.25, 0.3) is 0 Å². The van der Waals surface area contributed by atoms with E-state index in [-0.39, 0.29) is 0 Å². The molecule has 2 N–H and O–H groups in total. The summed E-state index contributed by atoms with van der Waals surface area (Å²) in [5.74, 6) is 0.422. The molecule has 0 saturated heterocycles. The van der Waals surface area contributed by atoms with Crippen LogP contribution >= 0.6 is 0 Å². The minimum absolute atomic E-state index is 0.422. The van der Waals surface area contributed by atoms with Crippen molar-refractivity contribution in [2.24, 2.45) is 0 Å². The van der Waals surface area contributed by atoms with Crippen molar-refractivity contribution in [1.29, 1.82) is 0 Å². The standard InChI is InChI=1S/C16H13BO3/c18-17(19)20-16-7-3-6-14(11-16)15-9-8-12-4-1-2-5-13(12)10-15/h1-11,18-19H. The first-order valence-electron chi connectivity index (χ1n) is 6.34. The van der Waals surface area contributed by atoms with Gasteiger partial charge >= 0.3 is 7.32 Å². The molecule has 0 aliphatic heterocycles. The first kappa shape index (κ1) is 12.7. The lowest BCUT2D eigenvalue weighted by atomic mass is 10.0. The maximum atomic E-state index is 8.84. The summed E-state index contributed by atoms with van der Waals surface area (Å²) >= 11 is 0. The molecule has 3 aromatic rings. The minimum atomic E-state index is -1.80. The van der Waals surface area contributed by atoms with Crippen LogP contribution in [0.5, 0.6) is 5.75 Å². The zero-order valence-electron chi connectivity index (χ0n) is 10.7. The van der Waals surface area contributed by atoms with Crippen LogP contribution in [-0.2, 0) is 0 Å². The zero-order valence-corrected chi connectivity index (χ0v) is 10.7. The molecule has 20 heavy (non-hydrogen) atoms. The van der Waals surface area contributed by atoms with E-state index in [9.17, 15) is 0 Å². The van der Waals surface area contributed by atoms with E-state index < -0.39 is 7.32 Å². The fourth-order valence-electron chi connectivity index (χ4n) is 2.24. The van der Waals surface area contributed by atoms with Gasteiger partial charge in [-0.3, -0.25) is 0 Å². The highest BCUT2D eigenvalue weighted by molar-refractivity contribution is 6.33. The fraction of sp³-hybridized carbons (Fsp3) is 0. The van der Waals surface area contributed by atoms with Crippen molar-refractivity contribution in [2.45, 2.75) is 0 Å². The first-order valence-corrected chi connectivity index (χ1v) is 6.34. The average Bonchev–Trinajstić information content (AvgIpc) is 2.46. The zero-order chi connectivity index (χ0) is 13.9. The smallest absolute Gasteiger partial charge is 0.512 e. The Kier molecular flexibility index (Phi) is 3.42. The van der Waals surface area contributed by atoms with Crippen LogP contribution in [0.25, 0.3) is 21.9 Å². The summed E-state index contributed by atoms with van der Waals surface area (Å²) in [6, 6.07) is 21.6. The Balaban J connectivity index is 2.01. The Morgan fingerprint density at radius 3 is 2.25 bits per heavy atom. The van der Waals surface area contributed by atoms with E-state index in [4.69, 9.17) is 14.7 Å². The van der Waals surface area contributed by atoms with Crippen molar-refractivity contribution in [1.82, 2.24) is 0 Å². The van der Waals surface area contributed by atoms with E-state index in [2.05, 4.69) is 24.3 Å². The molecule has 0 unspecified atom stereocenters. The minimum Gasteiger partial charge on any atom is -0.512 e. The quantitative estimate of drug-likeness (QED) is 0.715. The Hall–Kier alpha value is -2.30. The van der Waals surface area contributed by atoms with Gasteiger partial charge in [0.15, 0.2) is 0 Å². The lowest BCUT2D eigenvalue weighted by Gasteiger charge is -2.08. The normalized spacial score (nSPS) is 10.5. The Morgan fingerprint density at radius 1 is 0.700 bits per heavy atom. The topological polar surface area (TPSA) is 49.7 Å². The summed E-state index contributed by atoms with van der Waals surface area (Å²) < 4.78 is 4.87. The molecule has 0 fully saturated rings. The van der Waals surface area contributed by atoms with Crippen LogP contribution in [0.2, 0.25) is 0 Å². The van der Waals surface area contributed by atoms with E-state index in [0.29, 0.717) is 5.75 Å². The highest BCUT2D eigenvalue weighted by atomic mass is 16.6.